The first-order valence-electron chi connectivity index (χ1n) is 7.94. The minimum absolute atomic E-state index is 0.199. The quantitative estimate of drug-likeness (QED) is 0.492. The summed E-state index contributed by atoms with van der Waals surface area (Å²) < 4.78 is 0. The van der Waals surface area contributed by atoms with Gasteiger partial charge in [0.25, 0.3) is 0 Å². The average Bonchev–Trinajstić information content (AvgIpc) is 2.62. The van der Waals surface area contributed by atoms with Crippen LogP contribution in [0.2, 0.25) is 0 Å². The molecule has 0 atom stereocenters. The van der Waals surface area contributed by atoms with Gasteiger partial charge in [0.15, 0.2) is 0 Å². The third-order valence-corrected chi connectivity index (χ3v) is 4.00. The van der Waals surface area contributed by atoms with E-state index in [4.69, 9.17) is 4.98 Å². The smallest absolute Gasteiger partial charge is 0.131 e. The second-order valence-corrected chi connectivity index (χ2v) is 5.80. The van der Waals surface area contributed by atoms with Gasteiger partial charge in [0.05, 0.1) is 5.69 Å². The first-order chi connectivity index (χ1) is 12.2. The van der Waals surface area contributed by atoms with Crippen molar-refractivity contribution in [1.82, 2.24) is 4.98 Å². The Bertz CT molecular complexity index is 1040. The van der Waals surface area contributed by atoms with E-state index in [1.807, 2.05) is 48.5 Å². The van der Waals surface area contributed by atoms with Gasteiger partial charge in [0, 0.05) is 22.7 Å². The van der Waals surface area contributed by atoms with Gasteiger partial charge in [-0.2, -0.15) is 0 Å². The number of fused-ring (bicyclic) bond motifs is 1. The van der Waals surface area contributed by atoms with Crippen LogP contribution < -0.4 is 5.32 Å². The standard InChI is InChI=1S/C21H16N2O2/c24-17-10-8-14(9-11-17)21-19-7-2-1-4-15(19)12-20(23-21)22-16-5-3-6-18(25)13-16/h1-13,24-25H,(H,22,23). The molecule has 1 aromatic heterocycles. The van der Waals surface area contributed by atoms with Crippen LogP contribution in [0.5, 0.6) is 11.5 Å². The molecule has 0 aliphatic carbocycles. The molecule has 0 aliphatic rings. The SMILES string of the molecule is Oc1ccc(-c2nc(Nc3cccc(O)c3)cc3ccccc23)cc1. The number of phenolic OH excluding ortho intramolecular Hbond substituents is 2. The molecule has 0 radical (unpaired) electrons. The molecular formula is C21H16N2O2. The third kappa shape index (κ3) is 3.10. The highest BCUT2D eigenvalue weighted by Crippen LogP contribution is 2.31. The van der Waals surface area contributed by atoms with Crippen LogP contribution in [0.3, 0.4) is 0 Å². The van der Waals surface area contributed by atoms with Crippen molar-refractivity contribution in [3.63, 3.8) is 0 Å². The lowest BCUT2D eigenvalue weighted by atomic mass is 10.0. The van der Waals surface area contributed by atoms with Crippen LogP contribution in [0.1, 0.15) is 0 Å². The van der Waals surface area contributed by atoms with Crippen LogP contribution in [-0.4, -0.2) is 15.2 Å². The second-order valence-electron chi connectivity index (χ2n) is 5.80. The van der Waals surface area contributed by atoms with E-state index in [2.05, 4.69) is 5.32 Å². The highest BCUT2D eigenvalue weighted by Gasteiger charge is 2.09. The maximum atomic E-state index is 9.64. The molecule has 3 aromatic carbocycles. The maximum absolute atomic E-state index is 9.64. The van der Waals surface area contributed by atoms with E-state index in [9.17, 15) is 10.2 Å². The summed E-state index contributed by atoms with van der Waals surface area (Å²) >= 11 is 0. The number of aromatic nitrogens is 1. The molecule has 1 heterocycles. The second kappa shape index (κ2) is 6.17. The van der Waals surface area contributed by atoms with Gasteiger partial charge in [0.1, 0.15) is 17.3 Å². The molecule has 0 unspecified atom stereocenters. The first kappa shape index (κ1) is 15.0. The zero-order valence-corrected chi connectivity index (χ0v) is 13.3. The van der Waals surface area contributed by atoms with Crippen LogP contribution in [0.15, 0.2) is 78.9 Å². The van der Waals surface area contributed by atoms with Gasteiger partial charge < -0.3 is 15.5 Å². The summed E-state index contributed by atoms with van der Waals surface area (Å²) in [5.74, 6) is 1.11. The zero-order chi connectivity index (χ0) is 17.2. The monoisotopic (exact) mass is 328 g/mol. The van der Waals surface area contributed by atoms with Gasteiger partial charge in [-0.25, -0.2) is 4.98 Å². The van der Waals surface area contributed by atoms with Gasteiger partial charge in [-0.1, -0.05) is 30.3 Å². The van der Waals surface area contributed by atoms with Gasteiger partial charge >= 0.3 is 0 Å². The summed E-state index contributed by atoms with van der Waals surface area (Å²) in [6, 6.07) is 23.9. The molecule has 0 fully saturated rings. The lowest BCUT2D eigenvalue weighted by Crippen LogP contribution is -1.96. The van der Waals surface area contributed by atoms with Crippen molar-refractivity contribution < 1.29 is 10.2 Å². The minimum atomic E-state index is 0.199. The molecule has 122 valence electrons. The lowest BCUT2D eigenvalue weighted by Gasteiger charge is -2.12. The predicted molar refractivity (Wildman–Crippen MR) is 100 cm³/mol. The molecular weight excluding hydrogens is 312 g/mol. The number of aromatic hydroxyl groups is 2. The Morgan fingerprint density at radius 1 is 0.720 bits per heavy atom. The number of rotatable bonds is 3. The van der Waals surface area contributed by atoms with E-state index in [-0.39, 0.29) is 11.5 Å². The largest absolute Gasteiger partial charge is 0.508 e. The van der Waals surface area contributed by atoms with Crippen molar-refractivity contribution in [2.75, 3.05) is 5.32 Å². The van der Waals surface area contributed by atoms with Gasteiger partial charge in [0.2, 0.25) is 0 Å². The topological polar surface area (TPSA) is 65.4 Å². The predicted octanol–water partition coefficient (Wildman–Crippen LogP) is 5.06. The van der Waals surface area contributed by atoms with Crippen molar-refractivity contribution in [1.29, 1.82) is 0 Å². The Labute approximate surface area is 145 Å². The van der Waals surface area contributed by atoms with Crippen LogP contribution in [-0.2, 0) is 0 Å². The zero-order valence-electron chi connectivity index (χ0n) is 13.3. The number of nitrogens with one attached hydrogen (secondary N) is 1. The molecule has 25 heavy (non-hydrogen) atoms. The highest BCUT2D eigenvalue weighted by atomic mass is 16.3. The van der Waals surface area contributed by atoms with E-state index in [0.29, 0.717) is 5.82 Å². The minimum Gasteiger partial charge on any atom is -0.508 e. The summed E-state index contributed by atoms with van der Waals surface area (Å²) in [6.07, 6.45) is 0. The fraction of sp³-hybridized carbons (Fsp3) is 0. The molecule has 4 aromatic rings. The summed E-state index contributed by atoms with van der Waals surface area (Å²) in [4.78, 5) is 4.75. The van der Waals surface area contributed by atoms with Gasteiger partial charge in [-0.05, 0) is 47.9 Å². The maximum Gasteiger partial charge on any atom is 0.131 e. The molecule has 0 amide bonds. The molecule has 0 saturated carbocycles. The Morgan fingerprint density at radius 3 is 2.32 bits per heavy atom. The van der Waals surface area contributed by atoms with Crippen molar-refractivity contribution in [2.24, 2.45) is 0 Å². The van der Waals surface area contributed by atoms with Gasteiger partial charge in [-0.3, -0.25) is 0 Å². The molecule has 0 spiro atoms. The van der Waals surface area contributed by atoms with Crippen LogP contribution in [0, 0.1) is 0 Å². The molecule has 4 nitrogen and oxygen atoms in total. The van der Waals surface area contributed by atoms with E-state index in [1.165, 1.54) is 0 Å². The molecule has 4 heteroatoms. The van der Waals surface area contributed by atoms with Crippen molar-refractivity contribution in [3.05, 3.63) is 78.9 Å². The summed E-state index contributed by atoms with van der Waals surface area (Å²) in [5, 5.41) is 24.5. The summed E-state index contributed by atoms with van der Waals surface area (Å²) in [7, 11) is 0. The number of benzene rings is 3. The number of hydrogen-bond acceptors (Lipinski definition) is 4. The van der Waals surface area contributed by atoms with E-state index >= 15 is 0 Å². The van der Waals surface area contributed by atoms with Gasteiger partial charge in [-0.15, -0.1) is 0 Å². The molecule has 0 saturated heterocycles. The molecule has 3 N–H and O–H groups in total. The number of phenols is 2. The average molecular weight is 328 g/mol. The van der Waals surface area contributed by atoms with Crippen LogP contribution in [0.25, 0.3) is 22.0 Å². The third-order valence-electron chi connectivity index (χ3n) is 4.00. The Morgan fingerprint density at radius 2 is 1.52 bits per heavy atom. The van der Waals surface area contributed by atoms with E-state index < -0.39 is 0 Å². The van der Waals surface area contributed by atoms with Crippen LogP contribution >= 0.6 is 0 Å². The normalized spacial score (nSPS) is 10.7. The molecule has 0 bridgehead atoms. The first-order valence-corrected chi connectivity index (χ1v) is 7.94. The fourth-order valence-corrected chi connectivity index (χ4v) is 2.83. The highest BCUT2D eigenvalue weighted by molar-refractivity contribution is 5.96. The Kier molecular flexibility index (Phi) is 3.71. The number of hydrogen-bond donors (Lipinski definition) is 3. The lowest BCUT2D eigenvalue weighted by molar-refractivity contribution is 0.475. The van der Waals surface area contributed by atoms with Crippen molar-refractivity contribution >= 4 is 22.3 Å². The Balaban J connectivity index is 1.85. The number of pyridine rings is 1. The molecule has 0 aliphatic heterocycles. The Hall–Kier alpha value is -3.53. The summed E-state index contributed by atoms with van der Waals surface area (Å²) in [5.41, 5.74) is 2.52. The van der Waals surface area contributed by atoms with Crippen LogP contribution in [0.4, 0.5) is 11.5 Å². The number of nitrogens with zero attached hydrogens (tertiary/aromatic N) is 1. The molecule has 4 rings (SSSR count). The van der Waals surface area contributed by atoms with E-state index in [1.54, 1.807) is 30.3 Å². The van der Waals surface area contributed by atoms with E-state index in [0.717, 1.165) is 27.7 Å². The van der Waals surface area contributed by atoms with Crippen molar-refractivity contribution in [3.8, 4) is 22.8 Å². The fourth-order valence-electron chi connectivity index (χ4n) is 2.83. The van der Waals surface area contributed by atoms with Crippen molar-refractivity contribution in [2.45, 2.75) is 0 Å². The number of anilines is 2. The summed E-state index contributed by atoms with van der Waals surface area (Å²) in [6.45, 7) is 0.